The zero-order chi connectivity index (χ0) is 18.5. The van der Waals surface area contributed by atoms with Crippen LogP contribution in [0, 0.1) is 0 Å². The lowest BCUT2D eigenvalue weighted by Crippen LogP contribution is -2.39. The number of para-hydroxylation sites is 1. The van der Waals surface area contributed by atoms with Crippen molar-refractivity contribution < 1.29 is 9.47 Å². The number of halogens is 1. The lowest BCUT2D eigenvalue weighted by molar-refractivity contribution is 0.145. The van der Waals surface area contributed by atoms with Crippen LogP contribution in [0.4, 0.5) is 0 Å². The molecule has 2 rings (SSSR count). The third kappa shape index (κ3) is 8.62. The second-order valence-electron chi connectivity index (χ2n) is 5.69. The van der Waals surface area contributed by atoms with Gasteiger partial charge in [0.05, 0.1) is 6.54 Å². The Morgan fingerprint density at radius 1 is 0.926 bits per heavy atom. The van der Waals surface area contributed by atoms with Crippen molar-refractivity contribution in [3.05, 3.63) is 54.6 Å². The van der Waals surface area contributed by atoms with Gasteiger partial charge < -0.3 is 20.1 Å². The summed E-state index contributed by atoms with van der Waals surface area (Å²) in [6.07, 6.45) is 0.954. The summed E-state index contributed by atoms with van der Waals surface area (Å²) in [5, 5.41) is 6.53. The smallest absolute Gasteiger partial charge is 0.191 e. The Bertz CT molecular complexity index is 665. The van der Waals surface area contributed by atoms with Crippen molar-refractivity contribution >= 4 is 29.9 Å². The van der Waals surface area contributed by atoms with Gasteiger partial charge in [0, 0.05) is 32.4 Å². The summed E-state index contributed by atoms with van der Waals surface area (Å²) in [7, 11) is 1.77. The molecular formula is C21H30IN3O2. The topological polar surface area (TPSA) is 54.9 Å². The van der Waals surface area contributed by atoms with Crippen molar-refractivity contribution in [2.45, 2.75) is 13.3 Å². The molecule has 2 aromatic rings. The van der Waals surface area contributed by atoms with Crippen molar-refractivity contribution in [3.8, 4) is 16.9 Å². The molecule has 0 saturated heterocycles. The van der Waals surface area contributed by atoms with Gasteiger partial charge in [0.25, 0.3) is 0 Å². The lowest BCUT2D eigenvalue weighted by atomic mass is 10.1. The first-order chi connectivity index (χ1) is 12.8. The molecule has 0 aliphatic heterocycles. The van der Waals surface area contributed by atoms with E-state index >= 15 is 0 Å². The highest BCUT2D eigenvalue weighted by Crippen LogP contribution is 2.29. The fourth-order valence-electron chi connectivity index (χ4n) is 2.53. The summed E-state index contributed by atoms with van der Waals surface area (Å²) in [4.78, 5) is 4.21. The number of rotatable bonds is 10. The first kappa shape index (κ1) is 23.2. The van der Waals surface area contributed by atoms with E-state index in [0.717, 1.165) is 49.0 Å². The Balaban J connectivity index is 0.00000364. The van der Waals surface area contributed by atoms with Gasteiger partial charge in [-0.1, -0.05) is 48.5 Å². The van der Waals surface area contributed by atoms with Crippen LogP contribution in [0.5, 0.6) is 5.75 Å². The molecule has 2 aromatic carbocycles. The molecule has 0 saturated carbocycles. The zero-order valence-corrected chi connectivity index (χ0v) is 18.4. The molecule has 6 heteroatoms. The Morgan fingerprint density at radius 2 is 1.63 bits per heavy atom. The molecule has 0 atom stereocenters. The SMILES string of the molecule is CCOCCCNC(=NC)NCCOc1ccccc1-c1ccccc1.I. The molecule has 5 nitrogen and oxygen atoms in total. The van der Waals surface area contributed by atoms with E-state index in [-0.39, 0.29) is 24.0 Å². The fourth-order valence-corrected chi connectivity index (χ4v) is 2.53. The summed E-state index contributed by atoms with van der Waals surface area (Å²) < 4.78 is 11.3. The van der Waals surface area contributed by atoms with Crippen LogP contribution in [0.1, 0.15) is 13.3 Å². The monoisotopic (exact) mass is 483 g/mol. The van der Waals surface area contributed by atoms with Gasteiger partial charge in [0.2, 0.25) is 0 Å². The molecule has 0 bridgehead atoms. The van der Waals surface area contributed by atoms with Crippen molar-refractivity contribution in [3.63, 3.8) is 0 Å². The molecule has 0 aromatic heterocycles. The summed E-state index contributed by atoms with van der Waals surface area (Å²) >= 11 is 0. The summed E-state index contributed by atoms with van der Waals surface area (Å²) in [6, 6.07) is 18.4. The second kappa shape index (κ2) is 14.3. The molecule has 0 heterocycles. The second-order valence-corrected chi connectivity index (χ2v) is 5.69. The predicted molar refractivity (Wildman–Crippen MR) is 123 cm³/mol. The quantitative estimate of drug-likeness (QED) is 0.233. The van der Waals surface area contributed by atoms with Crippen LogP contribution >= 0.6 is 24.0 Å². The predicted octanol–water partition coefficient (Wildman–Crippen LogP) is 3.94. The van der Waals surface area contributed by atoms with E-state index in [1.165, 1.54) is 0 Å². The summed E-state index contributed by atoms with van der Waals surface area (Å²) in [5.41, 5.74) is 2.26. The van der Waals surface area contributed by atoms with Gasteiger partial charge >= 0.3 is 0 Å². The Kier molecular flexibility index (Phi) is 12.3. The minimum atomic E-state index is 0. The number of aliphatic imine (C=N–C) groups is 1. The molecule has 0 radical (unpaired) electrons. The number of hydrogen-bond donors (Lipinski definition) is 2. The number of benzene rings is 2. The van der Waals surface area contributed by atoms with Gasteiger partial charge in [-0.3, -0.25) is 4.99 Å². The van der Waals surface area contributed by atoms with Gasteiger partial charge in [-0.25, -0.2) is 0 Å². The van der Waals surface area contributed by atoms with Crippen LogP contribution in [0.15, 0.2) is 59.6 Å². The molecule has 0 unspecified atom stereocenters. The maximum absolute atomic E-state index is 5.98. The molecule has 0 aliphatic carbocycles. The van der Waals surface area contributed by atoms with Crippen LogP contribution in [0.25, 0.3) is 11.1 Å². The van der Waals surface area contributed by atoms with E-state index in [1.807, 2.05) is 43.3 Å². The minimum Gasteiger partial charge on any atom is -0.491 e. The zero-order valence-electron chi connectivity index (χ0n) is 16.1. The third-order valence-electron chi connectivity index (χ3n) is 3.81. The van der Waals surface area contributed by atoms with Gasteiger partial charge in [-0.05, 0) is 25.0 Å². The number of hydrogen-bond acceptors (Lipinski definition) is 3. The molecule has 0 aliphatic rings. The van der Waals surface area contributed by atoms with E-state index in [1.54, 1.807) is 7.05 Å². The molecule has 2 N–H and O–H groups in total. The minimum absolute atomic E-state index is 0. The first-order valence-electron chi connectivity index (χ1n) is 9.14. The number of guanidine groups is 1. The lowest BCUT2D eigenvalue weighted by Gasteiger charge is -2.14. The highest BCUT2D eigenvalue weighted by atomic mass is 127. The van der Waals surface area contributed by atoms with Crippen molar-refractivity contribution in [2.75, 3.05) is 40.0 Å². The van der Waals surface area contributed by atoms with Crippen LogP contribution in [0.2, 0.25) is 0 Å². The normalized spacial score (nSPS) is 10.8. The first-order valence-corrected chi connectivity index (χ1v) is 9.14. The molecule has 148 valence electrons. The highest BCUT2D eigenvalue weighted by molar-refractivity contribution is 14.0. The van der Waals surface area contributed by atoms with E-state index in [0.29, 0.717) is 13.2 Å². The Morgan fingerprint density at radius 3 is 2.37 bits per heavy atom. The van der Waals surface area contributed by atoms with Crippen molar-refractivity contribution in [1.82, 2.24) is 10.6 Å². The average Bonchev–Trinajstić information content (AvgIpc) is 2.70. The highest BCUT2D eigenvalue weighted by Gasteiger charge is 2.05. The molecule has 0 amide bonds. The van der Waals surface area contributed by atoms with Crippen LogP contribution in [0.3, 0.4) is 0 Å². The maximum atomic E-state index is 5.98. The molecule has 0 spiro atoms. The maximum Gasteiger partial charge on any atom is 0.191 e. The van der Waals surface area contributed by atoms with Gasteiger partial charge in [-0.15, -0.1) is 24.0 Å². The molecule has 27 heavy (non-hydrogen) atoms. The van der Waals surface area contributed by atoms with E-state index in [4.69, 9.17) is 9.47 Å². The van der Waals surface area contributed by atoms with Crippen LogP contribution in [-0.2, 0) is 4.74 Å². The van der Waals surface area contributed by atoms with E-state index in [9.17, 15) is 0 Å². The molecular weight excluding hydrogens is 453 g/mol. The van der Waals surface area contributed by atoms with Crippen LogP contribution in [-0.4, -0.2) is 45.9 Å². The Labute approximate surface area is 179 Å². The van der Waals surface area contributed by atoms with Crippen molar-refractivity contribution in [1.29, 1.82) is 0 Å². The van der Waals surface area contributed by atoms with Crippen molar-refractivity contribution in [2.24, 2.45) is 4.99 Å². The van der Waals surface area contributed by atoms with Gasteiger partial charge in [0.1, 0.15) is 12.4 Å². The largest absolute Gasteiger partial charge is 0.491 e. The van der Waals surface area contributed by atoms with Gasteiger partial charge in [-0.2, -0.15) is 0 Å². The number of ether oxygens (including phenoxy) is 2. The standard InChI is InChI=1S/C21H29N3O2.HI/c1-3-25-16-9-14-23-21(22-2)24-15-17-26-20-13-8-7-12-19(20)18-10-5-4-6-11-18;/h4-8,10-13H,3,9,14-17H2,1-2H3,(H2,22,23,24);1H. The number of nitrogens with one attached hydrogen (secondary N) is 2. The van der Waals surface area contributed by atoms with E-state index in [2.05, 4.69) is 33.8 Å². The average molecular weight is 483 g/mol. The summed E-state index contributed by atoms with van der Waals surface area (Å²) in [5.74, 6) is 1.67. The van der Waals surface area contributed by atoms with Gasteiger partial charge in [0.15, 0.2) is 5.96 Å². The van der Waals surface area contributed by atoms with Crippen LogP contribution < -0.4 is 15.4 Å². The third-order valence-corrected chi connectivity index (χ3v) is 3.81. The number of nitrogens with zero attached hydrogens (tertiary/aromatic N) is 1. The van der Waals surface area contributed by atoms with E-state index < -0.39 is 0 Å². The molecule has 0 fully saturated rings. The fraction of sp³-hybridized carbons (Fsp3) is 0.381. The summed E-state index contributed by atoms with van der Waals surface area (Å²) in [6.45, 7) is 5.59. The Hall–Kier alpha value is -1.80.